The van der Waals surface area contributed by atoms with Crippen LogP contribution in [0.25, 0.3) is 0 Å². The van der Waals surface area contributed by atoms with Gasteiger partial charge in [-0.1, -0.05) is 64.3 Å². The molecule has 2 aromatic carbocycles. The summed E-state index contributed by atoms with van der Waals surface area (Å²) in [7, 11) is 0. The fourth-order valence-electron chi connectivity index (χ4n) is 2.76. The molecule has 1 N–H and O–H groups in total. The molecule has 0 saturated heterocycles. The van der Waals surface area contributed by atoms with Crippen molar-refractivity contribution in [1.29, 1.82) is 0 Å². The Kier molecular flexibility index (Phi) is 8.80. The highest BCUT2D eigenvalue weighted by molar-refractivity contribution is 9.10. The van der Waals surface area contributed by atoms with Gasteiger partial charge in [-0.15, -0.1) is 0 Å². The molecular weight excluding hydrogens is 463 g/mol. The Morgan fingerprint density at radius 2 is 1.79 bits per heavy atom. The molecule has 0 spiro atoms. The third-order valence-electron chi connectivity index (χ3n) is 4.35. The summed E-state index contributed by atoms with van der Waals surface area (Å²) >= 11 is 15.9. The zero-order valence-electron chi connectivity index (χ0n) is 15.8. The van der Waals surface area contributed by atoms with Gasteiger partial charge in [0.1, 0.15) is 6.04 Å². The van der Waals surface area contributed by atoms with Crippen LogP contribution in [0.2, 0.25) is 10.0 Å². The van der Waals surface area contributed by atoms with Crippen molar-refractivity contribution in [2.24, 2.45) is 0 Å². The molecule has 28 heavy (non-hydrogen) atoms. The lowest BCUT2D eigenvalue weighted by molar-refractivity contribution is -0.140. The van der Waals surface area contributed by atoms with Gasteiger partial charge in [0.05, 0.1) is 6.42 Å². The van der Waals surface area contributed by atoms with Crippen molar-refractivity contribution in [3.8, 4) is 0 Å². The number of carbonyl (C=O) groups excluding carboxylic acids is 2. The van der Waals surface area contributed by atoms with Crippen molar-refractivity contribution in [3.05, 3.63) is 68.1 Å². The molecule has 2 aromatic rings. The normalized spacial score (nSPS) is 11.8. The average Bonchev–Trinajstić information content (AvgIpc) is 2.66. The van der Waals surface area contributed by atoms with E-state index >= 15 is 0 Å². The predicted molar refractivity (Wildman–Crippen MR) is 118 cm³/mol. The second-order valence-corrected chi connectivity index (χ2v) is 8.23. The van der Waals surface area contributed by atoms with E-state index in [1.54, 1.807) is 30.0 Å². The van der Waals surface area contributed by atoms with Crippen molar-refractivity contribution in [2.45, 2.75) is 39.3 Å². The van der Waals surface area contributed by atoms with Gasteiger partial charge >= 0.3 is 0 Å². The van der Waals surface area contributed by atoms with Gasteiger partial charge in [0.15, 0.2) is 0 Å². The molecule has 0 aromatic heterocycles. The van der Waals surface area contributed by atoms with Gasteiger partial charge in [-0.2, -0.15) is 0 Å². The topological polar surface area (TPSA) is 49.4 Å². The van der Waals surface area contributed by atoms with Crippen LogP contribution in [0.3, 0.4) is 0 Å². The number of hydrogen-bond acceptors (Lipinski definition) is 2. The fourth-order valence-corrected chi connectivity index (χ4v) is 3.74. The van der Waals surface area contributed by atoms with Gasteiger partial charge in [0, 0.05) is 27.6 Å². The summed E-state index contributed by atoms with van der Waals surface area (Å²) < 4.78 is 0.912. The molecule has 0 bridgehead atoms. The van der Waals surface area contributed by atoms with Crippen LogP contribution in [0.15, 0.2) is 46.9 Å². The van der Waals surface area contributed by atoms with Crippen molar-refractivity contribution in [2.75, 3.05) is 6.54 Å². The van der Waals surface area contributed by atoms with E-state index < -0.39 is 6.04 Å². The fraction of sp³-hybridized carbons (Fsp3) is 0.333. The zero-order valence-corrected chi connectivity index (χ0v) is 18.9. The first-order valence-corrected chi connectivity index (χ1v) is 10.6. The maximum Gasteiger partial charge on any atom is 0.242 e. The molecule has 0 aliphatic rings. The first-order chi connectivity index (χ1) is 13.3. The Balaban J connectivity index is 2.28. The Morgan fingerprint density at radius 3 is 2.39 bits per heavy atom. The van der Waals surface area contributed by atoms with Gasteiger partial charge in [-0.25, -0.2) is 0 Å². The number of halogens is 3. The van der Waals surface area contributed by atoms with E-state index in [0.717, 1.165) is 16.5 Å². The minimum atomic E-state index is -0.626. The second-order valence-electron chi connectivity index (χ2n) is 6.50. The predicted octanol–water partition coefficient (Wildman–Crippen LogP) is 5.24. The van der Waals surface area contributed by atoms with E-state index in [9.17, 15) is 9.59 Å². The van der Waals surface area contributed by atoms with Crippen LogP contribution in [0.1, 0.15) is 31.4 Å². The molecule has 0 heterocycles. The van der Waals surface area contributed by atoms with E-state index in [1.807, 2.05) is 31.2 Å². The summed E-state index contributed by atoms with van der Waals surface area (Å²) in [5.41, 5.74) is 1.49. The molecule has 4 nitrogen and oxygen atoms in total. The molecule has 150 valence electrons. The Bertz CT molecular complexity index is 825. The smallest absolute Gasteiger partial charge is 0.242 e. The highest BCUT2D eigenvalue weighted by Crippen LogP contribution is 2.26. The number of amides is 2. The average molecular weight is 486 g/mol. The number of nitrogens with zero attached hydrogens (tertiary/aromatic N) is 1. The first kappa shape index (κ1) is 22.7. The van der Waals surface area contributed by atoms with Gasteiger partial charge < -0.3 is 10.2 Å². The minimum absolute atomic E-state index is 0.0257. The van der Waals surface area contributed by atoms with Gasteiger partial charge in [0.25, 0.3) is 0 Å². The van der Waals surface area contributed by atoms with E-state index in [4.69, 9.17) is 23.2 Å². The Hall–Kier alpha value is -1.56. The monoisotopic (exact) mass is 484 g/mol. The standard InChI is InChI=1S/C21H23BrCl2N2O2/c1-3-10-25-21(28)14(2)26(13-15-6-4-7-16(22)11-15)20(27)12-17-18(23)8-5-9-19(17)24/h4-9,11,14H,3,10,12-13H2,1-2H3,(H,25,28). The molecular formula is C21H23BrCl2N2O2. The van der Waals surface area contributed by atoms with Gasteiger partial charge in [-0.05, 0) is 48.7 Å². The van der Waals surface area contributed by atoms with Crippen molar-refractivity contribution >= 4 is 50.9 Å². The highest BCUT2D eigenvalue weighted by Gasteiger charge is 2.27. The lowest BCUT2D eigenvalue weighted by Gasteiger charge is -2.29. The number of hydrogen-bond donors (Lipinski definition) is 1. The summed E-state index contributed by atoms with van der Waals surface area (Å²) in [6.07, 6.45) is 0.852. The molecule has 1 atom stereocenters. The third-order valence-corrected chi connectivity index (χ3v) is 5.55. The van der Waals surface area contributed by atoms with Gasteiger partial charge in [0.2, 0.25) is 11.8 Å². The van der Waals surface area contributed by atoms with Crippen LogP contribution in [0, 0.1) is 0 Å². The number of carbonyl (C=O) groups is 2. The van der Waals surface area contributed by atoms with Crippen LogP contribution in [-0.2, 0) is 22.6 Å². The largest absolute Gasteiger partial charge is 0.354 e. The summed E-state index contributed by atoms with van der Waals surface area (Å²) in [6.45, 7) is 4.59. The Labute approximate surface area is 184 Å². The molecule has 0 saturated carbocycles. The van der Waals surface area contributed by atoms with Crippen LogP contribution in [0.4, 0.5) is 0 Å². The Morgan fingerprint density at radius 1 is 1.14 bits per heavy atom. The number of benzene rings is 2. The van der Waals surface area contributed by atoms with Crippen LogP contribution < -0.4 is 5.32 Å². The number of rotatable bonds is 8. The van der Waals surface area contributed by atoms with E-state index in [2.05, 4.69) is 21.2 Å². The molecule has 1 unspecified atom stereocenters. The maximum absolute atomic E-state index is 13.1. The SMILES string of the molecule is CCCNC(=O)C(C)N(Cc1cccc(Br)c1)C(=O)Cc1c(Cl)cccc1Cl. The van der Waals surface area contributed by atoms with E-state index in [-0.39, 0.29) is 18.2 Å². The lowest BCUT2D eigenvalue weighted by Crippen LogP contribution is -2.48. The zero-order chi connectivity index (χ0) is 20.7. The third kappa shape index (κ3) is 6.23. The molecule has 0 fully saturated rings. The molecule has 7 heteroatoms. The van der Waals surface area contributed by atoms with E-state index in [0.29, 0.717) is 28.7 Å². The summed E-state index contributed by atoms with van der Waals surface area (Å²) in [5.74, 6) is -0.399. The maximum atomic E-state index is 13.1. The highest BCUT2D eigenvalue weighted by atomic mass is 79.9. The summed E-state index contributed by atoms with van der Waals surface area (Å²) in [5, 5.41) is 3.73. The molecule has 0 aliphatic carbocycles. The quantitative estimate of drug-likeness (QED) is 0.555. The van der Waals surface area contributed by atoms with Crippen molar-refractivity contribution in [3.63, 3.8) is 0 Å². The van der Waals surface area contributed by atoms with Crippen LogP contribution in [0.5, 0.6) is 0 Å². The molecule has 2 amide bonds. The molecule has 0 aliphatic heterocycles. The minimum Gasteiger partial charge on any atom is -0.354 e. The van der Waals surface area contributed by atoms with Gasteiger partial charge in [-0.3, -0.25) is 9.59 Å². The second kappa shape index (κ2) is 10.8. The number of nitrogens with one attached hydrogen (secondary N) is 1. The van der Waals surface area contributed by atoms with Crippen LogP contribution in [-0.4, -0.2) is 29.3 Å². The molecule has 2 rings (SSSR count). The van der Waals surface area contributed by atoms with E-state index in [1.165, 1.54) is 0 Å². The van der Waals surface area contributed by atoms with Crippen molar-refractivity contribution in [1.82, 2.24) is 10.2 Å². The molecule has 0 radical (unpaired) electrons. The lowest BCUT2D eigenvalue weighted by atomic mass is 10.1. The van der Waals surface area contributed by atoms with Crippen molar-refractivity contribution < 1.29 is 9.59 Å². The van der Waals surface area contributed by atoms with Crippen LogP contribution >= 0.6 is 39.1 Å². The first-order valence-electron chi connectivity index (χ1n) is 9.08. The summed E-state index contributed by atoms with van der Waals surface area (Å²) in [6, 6.07) is 12.2. The summed E-state index contributed by atoms with van der Waals surface area (Å²) in [4.78, 5) is 27.2.